The molecule has 1 fully saturated rings. The van der Waals surface area contributed by atoms with E-state index in [4.69, 9.17) is 4.52 Å². The molecule has 1 N–H and O–H groups in total. The predicted octanol–water partition coefficient (Wildman–Crippen LogP) is 2.83. The molecule has 7 nitrogen and oxygen atoms in total. The molecule has 152 valence electrons. The average Bonchev–Trinajstić information content (AvgIpc) is 3.45. The summed E-state index contributed by atoms with van der Waals surface area (Å²) < 4.78 is 5.36. The standard InChI is InChI=1S/C21H25N5O2S/c1-2-25-12-14-26(15-13-25)11-10-22-20(27)18-9-8-17(29-18)19-23-21(28-24-19)16-6-4-3-5-7-16/h3-9H,2,10-15H2,1H3,(H,22,27). The summed E-state index contributed by atoms with van der Waals surface area (Å²) in [6.07, 6.45) is 0. The van der Waals surface area contributed by atoms with Crippen LogP contribution in [0.2, 0.25) is 0 Å². The van der Waals surface area contributed by atoms with Crippen LogP contribution < -0.4 is 5.32 Å². The van der Waals surface area contributed by atoms with Gasteiger partial charge in [0.25, 0.3) is 11.8 Å². The third kappa shape index (κ3) is 4.90. The number of amides is 1. The van der Waals surface area contributed by atoms with Crippen LogP contribution in [0.15, 0.2) is 47.0 Å². The van der Waals surface area contributed by atoms with Gasteiger partial charge in [-0.1, -0.05) is 30.3 Å². The summed E-state index contributed by atoms with van der Waals surface area (Å²) in [7, 11) is 0. The second kappa shape index (κ2) is 9.30. The van der Waals surface area contributed by atoms with Gasteiger partial charge >= 0.3 is 0 Å². The van der Waals surface area contributed by atoms with Crippen LogP contribution in [-0.2, 0) is 0 Å². The third-order valence-electron chi connectivity index (χ3n) is 5.12. The van der Waals surface area contributed by atoms with Crippen LogP contribution in [0.1, 0.15) is 16.6 Å². The third-order valence-corrected chi connectivity index (χ3v) is 6.20. The van der Waals surface area contributed by atoms with E-state index >= 15 is 0 Å². The fraction of sp³-hybridized carbons (Fsp3) is 0.381. The number of nitrogens with one attached hydrogen (secondary N) is 1. The van der Waals surface area contributed by atoms with Crippen molar-refractivity contribution >= 4 is 17.2 Å². The number of aromatic nitrogens is 2. The average molecular weight is 412 g/mol. The minimum Gasteiger partial charge on any atom is -0.350 e. The van der Waals surface area contributed by atoms with Gasteiger partial charge in [-0.2, -0.15) is 4.98 Å². The van der Waals surface area contributed by atoms with Crippen LogP contribution >= 0.6 is 11.3 Å². The van der Waals surface area contributed by atoms with Gasteiger partial charge in [-0.05, 0) is 30.8 Å². The predicted molar refractivity (Wildman–Crippen MR) is 114 cm³/mol. The van der Waals surface area contributed by atoms with Gasteiger partial charge < -0.3 is 14.7 Å². The molecule has 4 rings (SSSR count). The number of hydrogen-bond acceptors (Lipinski definition) is 7. The Kier molecular flexibility index (Phi) is 6.33. The SMILES string of the molecule is CCN1CCN(CCNC(=O)c2ccc(-c3noc(-c4ccccc4)n3)s2)CC1. The molecule has 1 saturated heterocycles. The largest absolute Gasteiger partial charge is 0.350 e. The molecule has 29 heavy (non-hydrogen) atoms. The summed E-state index contributed by atoms with van der Waals surface area (Å²) in [5.74, 6) is 0.921. The Bertz CT molecular complexity index is 931. The molecule has 2 aromatic heterocycles. The normalized spacial score (nSPS) is 15.5. The Balaban J connectivity index is 1.30. The van der Waals surface area contributed by atoms with E-state index in [1.807, 2.05) is 42.5 Å². The Morgan fingerprint density at radius 2 is 1.86 bits per heavy atom. The monoisotopic (exact) mass is 411 g/mol. The Hall–Kier alpha value is -2.55. The van der Waals surface area contributed by atoms with Gasteiger partial charge in [-0.15, -0.1) is 11.3 Å². The highest BCUT2D eigenvalue weighted by atomic mass is 32.1. The molecule has 0 aliphatic carbocycles. The lowest BCUT2D eigenvalue weighted by atomic mass is 10.2. The molecule has 1 aliphatic rings. The van der Waals surface area contributed by atoms with Crippen LogP contribution in [-0.4, -0.2) is 71.7 Å². The van der Waals surface area contributed by atoms with Crippen LogP contribution in [0.3, 0.4) is 0 Å². The van der Waals surface area contributed by atoms with Gasteiger partial charge in [0.15, 0.2) is 0 Å². The fourth-order valence-corrected chi connectivity index (χ4v) is 4.19. The fourth-order valence-electron chi connectivity index (χ4n) is 3.35. The molecule has 0 atom stereocenters. The van der Waals surface area contributed by atoms with Crippen molar-refractivity contribution in [3.8, 4) is 22.2 Å². The lowest BCUT2D eigenvalue weighted by Gasteiger charge is -2.33. The molecule has 1 aliphatic heterocycles. The van der Waals surface area contributed by atoms with E-state index in [9.17, 15) is 4.79 Å². The molecule has 8 heteroatoms. The topological polar surface area (TPSA) is 74.5 Å². The molecular weight excluding hydrogens is 386 g/mol. The molecule has 0 saturated carbocycles. The highest BCUT2D eigenvalue weighted by molar-refractivity contribution is 7.17. The quantitative estimate of drug-likeness (QED) is 0.644. The van der Waals surface area contributed by atoms with E-state index in [-0.39, 0.29) is 5.91 Å². The first kappa shape index (κ1) is 19.8. The summed E-state index contributed by atoms with van der Waals surface area (Å²) in [5, 5.41) is 7.07. The van der Waals surface area contributed by atoms with E-state index in [1.165, 1.54) is 11.3 Å². The number of rotatable bonds is 7. The maximum absolute atomic E-state index is 12.5. The van der Waals surface area contributed by atoms with E-state index < -0.39 is 0 Å². The Morgan fingerprint density at radius 3 is 2.62 bits per heavy atom. The molecule has 1 amide bonds. The molecule has 3 heterocycles. The highest BCUT2D eigenvalue weighted by Crippen LogP contribution is 2.28. The van der Waals surface area contributed by atoms with Crippen LogP contribution in [0.4, 0.5) is 0 Å². The van der Waals surface area contributed by atoms with Crippen molar-refractivity contribution in [1.29, 1.82) is 0 Å². The number of nitrogens with zero attached hydrogens (tertiary/aromatic N) is 4. The number of likely N-dealkylation sites (N-methyl/N-ethyl adjacent to an activating group) is 1. The van der Waals surface area contributed by atoms with Gasteiger partial charge in [-0.3, -0.25) is 9.69 Å². The van der Waals surface area contributed by atoms with Gasteiger partial charge in [0.2, 0.25) is 5.82 Å². The molecular formula is C21H25N5O2S. The zero-order chi connectivity index (χ0) is 20.1. The lowest BCUT2D eigenvalue weighted by Crippen LogP contribution is -2.48. The number of carbonyl (C=O) groups excluding carboxylic acids is 1. The van der Waals surface area contributed by atoms with E-state index in [1.54, 1.807) is 0 Å². The van der Waals surface area contributed by atoms with Crippen molar-refractivity contribution < 1.29 is 9.32 Å². The highest BCUT2D eigenvalue weighted by Gasteiger charge is 2.17. The first-order chi connectivity index (χ1) is 14.2. The van der Waals surface area contributed by atoms with Crippen molar-refractivity contribution in [1.82, 2.24) is 25.3 Å². The molecule has 3 aromatic rings. The van der Waals surface area contributed by atoms with Crippen LogP contribution in [0.25, 0.3) is 22.2 Å². The maximum Gasteiger partial charge on any atom is 0.261 e. The van der Waals surface area contributed by atoms with E-state index in [2.05, 4.69) is 32.2 Å². The summed E-state index contributed by atoms with van der Waals surface area (Å²) in [6, 6.07) is 13.3. The second-order valence-electron chi connectivity index (χ2n) is 6.98. The molecule has 0 spiro atoms. The minimum atomic E-state index is -0.0554. The number of benzene rings is 1. The number of thiophene rings is 1. The zero-order valence-electron chi connectivity index (χ0n) is 16.5. The molecule has 0 unspecified atom stereocenters. The zero-order valence-corrected chi connectivity index (χ0v) is 17.3. The first-order valence-corrected chi connectivity index (χ1v) is 10.8. The van der Waals surface area contributed by atoms with Crippen molar-refractivity contribution in [2.45, 2.75) is 6.92 Å². The maximum atomic E-state index is 12.5. The van der Waals surface area contributed by atoms with Crippen molar-refractivity contribution in [2.24, 2.45) is 0 Å². The smallest absolute Gasteiger partial charge is 0.261 e. The van der Waals surface area contributed by atoms with Gasteiger partial charge in [0.05, 0.1) is 9.75 Å². The van der Waals surface area contributed by atoms with Crippen LogP contribution in [0, 0.1) is 0 Å². The summed E-state index contributed by atoms with van der Waals surface area (Å²) in [4.78, 5) is 23.2. The second-order valence-corrected chi connectivity index (χ2v) is 8.07. The first-order valence-electron chi connectivity index (χ1n) is 9.95. The lowest BCUT2D eigenvalue weighted by molar-refractivity contribution is 0.0942. The van der Waals surface area contributed by atoms with Crippen molar-refractivity contribution in [3.05, 3.63) is 47.3 Å². The van der Waals surface area contributed by atoms with Crippen LogP contribution in [0.5, 0.6) is 0 Å². The number of carbonyl (C=O) groups is 1. The van der Waals surface area contributed by atoms with Crippen molar-refractivity contribution in [3.63, 3.8) is 0 Å². The van der Waals surface area contributed by atoms with Crippen molar-refractivity contribution in [2.75, 3.05) is 45.8 Å². The Morgan fingerprint density at radius 1 is 1.10 bits per heavy atom. The number of piperazine rings is 1. The summed E-state index contributed by atoms with van der Waals surface area (Å²) in [6.45, 7) is 9.18. The van der Waals surface area contributed by atoms with E-state index in [0.29, 0.717) is 23.1 Å². The minimum absolute atomic E-state index is 0.0554. The van der Waals surface area contributed by atoms with Gasteiger partial charge in [-0.25, -0.2) is 0 Å². The molecule has 0 bridgehead atoms. The van der Waals surface area contributed by atoms with E-state index in [0.717, 1.165) is 49.7 Å². The number of hydrogen-bond donors (Lipinski definition) is 1. The van der Waals surface area contributed by atoms with Gasteiger partial charge in [0.1, 0.15) is 0 Å². The molecule has 1 aromatic carbocycles. The Labute approximate surface area is 174 Å². The van der Waals surface area contributed by atoms with Gasteiger partial charge in [0, 0.05) is 44.8 Å². The molecule has 0 radical (unpaired) electrons. The summed E-state index contributed by atoms with van der Waals surface area (Å²) in [5.41, 5.74) is 0.876. The summed E-state index contributed by atoms with van der Waals surface area (Å²) >= 11 is 1.37.